The smallest absolute Gasteiger partial charge is 0.238 e. The van der Waals surface area contributed by atoms with Gasteiger partial charge in [-0.05, 0) is 60.5 Å². The van der Waals surface area contributed by atoms with Crippen molar-refractivity contribution in [3.8, 4) is 22.8 Å². The fourth-order valence-corrected chi connectivity index (χ4v) is 4.68. The monoisotopic (exact) mass is 524 g/mol. The summed E-state index contributed by atoms with van der Waals surface area (Å²) in [6, 6.07) is 17.5. The highest BCUT2D eigenvalue weighted by Gasteiger charge is 2.17. The van der Waals surface area contributed by atoms with Crippen LogP contribution in [0, 0.1) is 0 Å². The number of benzene rings is 2. The molecule has 0 unspecified atom stereocenters. The molecule has 0 saturated carbocycles. The molecule has 4 aromatic rings. The number of methoxy groups -OCH3 is 1. The number of rotatable bonds is 10. The van der Waals surface area contributed by atoms with E-state index in [-0.39, 0.29) is 16.6 Å². The number of thioether (sulfide) groups is 1. The zero-order valence-corrected chi connectivity index (χ0v) is 21.0. The largest absolute Gasteiger partial charge is 0.497 e. The summed E-state index contributed by atoms with van der Waals surface area (Å²) in [5, 5.41) is 17.2. The van der Waals surface area contributed by atoms with Crippen molar-refractivity contribution >= 4 is 27.7 Å². The fourth-order valence-electron chi connectivity index (χ4n) is 3.38. The van der Waals surface area contributed by atoms with Gasteiger partial charge in [-0.1, -0.05) is 23.9 Å². The Bertz CT molecular complexity index is 1420. The molecule has 186 valence electrons. The third kappa shape index (κ3) is 6.27. The lowest BCUT2D eigenvalue weighted by Crippen LogP contribution is -2.27. The number of pyridine rings is 1. The Morgan fingerprint density at radius 2 is 1.83 bits per heavy atom. The number of sulfonamides is 1. The van der Waals surface area contributed by atoms with E-state index in [1.54, 1.807) is 31.6 Å². The van der Waals surface area contributed by atoms with Gasteiger partial charge < -0.3 is 10.1 Å². The molecule has 0 atom stereocenters. The molecule has 0 spiro atoms. The first kappa shape index (κ1) is 25.4. The summed E-state index contributed by atoms with van der Waals surface area (Å²) in [6.07, 6.45) is 3.95. The standard InChI is InChI=1S/C24H24N6O4S2/c1-34-20-8-6-19(7-9-20)30-23(18-3-2-13-26-15-18)28-29-24(30)35-16-22(31)27-14-12-17-4-10-21(11-5-17)36(25,32)33/h2-11,13,15H,12,14,16H2,1H3,(H,27,31)(H2,25,32,33). The minimum Gasteiger partial charge on any atom is -0.497 e. The highest BCUT2D eigenvalue weighted by Crippen LogP contribution is 2.28. The minimum atomic E-state index is -3.73. The molecule has 0 aliphatic heterocycles. The van der Waals surface area contributed by atoms with E-state index in [4.69, 9.17) is 9.88 Å². The Kier molecular flexibility index (Phi) is 7.98. The molecule has 0 aliphatic carbocycles. The van der Waals surface area contributed by atoms with Gasteiger partial charge in [0.25, 0.3) is 0 Å². The second-order valence-electron chi connectivity index (χ2n) is 7.66. The zero-order valence-electron chi connectivity index (χ0n) is 19.4. The third-order valence-corrected chi connectivity index (χ3v) is 7.06. The van der Waals surface area contributed by atoms with E-state index in [2.05, 4.69) is 20.5 Å². The van der Waals surface area contributed by atoms with Crippen LogP contribution in [0.1, 0.15) is 5.56 Å². The van der Waals surface area contributed by atoms with Gasteiger partial charge in [0.05, 0.1) is 17.8 Å². The molecule has 2 aromatic carbocycles. The maximum absolute atomic E-state index is 12.5. The molecular weight excluding hydrogens is 500 g/mol. The van der Waals surface area contributed by atoms with Crippen molar-refractivity contribution in [2.45, 2.75) is 16.5 Å². The fraction of sp³-hybridized carbons (Fsp3) is 0.167. The minimum absolute atomic E-state index is 0.0540. The Morgan fingerprint density at radius 1 is 1.08 bits per heavy atom. The summed E-state index contributed by atoms with van der Waals surface area (Å²) in [5.74, 6) is 1.32. The van der Waals surface area contributed by atoms with Gasteiger partial charge >= 0.3 is 0 Å². The number of primary sulfonamides is 1. The highest BCUT2D eigenvalue weighted by atomic mass is 32.2. The number of hydrogen-bond acceptors (Lipinski definition) is 8. The van der Waals surface area contributed by atoms with Gasteiger partial charge in [0, 0.05) is 30.2 Å². The third-order valence-electron chi connectivity index (χ3n) is 5.20. The number of carbonyl (C=O) groups is 1. The Morgan fingerprint density at radius 3 is 2.47 bits per heavy atom. The quantitative estimate of drug-likeness (QED) is 0.301. The molecule has 0 saturated heterocycles. The molecule has 0 radical (unpaired) electrons. The Hall–Kier alpha value is -3.74. The summed E-state index contributed by atoms with van der Waals surface area (Å²) in [6.45, 7) is 0.403. The highest BCUT2D eigenvalue weighted by molar-refractivity contribution is 7.99. The predicted octanol–water partition coefficient (Wildman–Crippen LogP) is 2.44. The van der Waals surface area contributed by atoms with Crippen molar-refractivity contribution in [2.24, 2.45) is 5.14 Å². The number of aromatic nitrogens is 4. The van der Waals surface area contributed by atoms with Crippen LogP contribution in [0.2, 0.25) is 0 Å². The van der Waals surface area contributed by atoms with Crippen LogP contribution < -0.4 is 15.2 Å². The van der Waals surface area contributed by atoms with Crippen molar-refractivity contribution < 1.29 is 17.9 Å². The summed E-state index contributed by atoms with van der Waals surface area (Å²) in [5.41, 5.74) is 2.51. The molecule has 2 aromatic heterocycles. The molecule has 4 rings (SSSR count). The number of ether oxygens (including phenoxy) is 1. The van der Waals surface area contributed by atoms with Crippen molar-refractivity contribution in [1.29, 1.82) is 0 Å². The van der Waals surface area contributed by atoms with Crippen LogP contribution in [-0.2, 0) is 21.2 Å². The average Bonchev–Trinajstić information content (AvgIpc) is 3.32. The SMILES string of the molecule is COc1ccc(-n2c(SCC(=O)NCCc3ccc(S(N)(=O)=O)cc3)nnc2-c2cccnc2)cc1. The number of hydrogen-bond donors (Lipinski definition) is 2. The predicted molar refractivity (Wildman–Crippen MR) is 136 cm³/mol. The maximum atomic E-state index is 12.5. The van der Waals surface area contributed by atoms with Crippen LogP contribution in [0.25, 0.3) is 17.1 Å². The summed E-state index contributed by atoms with van der Waals surface area (Å²) >= 11 is 1.27. The molecule has 3 N–H and O–H groups in total. The second kappa shape index (κ2) is 11.3. The lowest BCUT2D eigenvalue weighted by Gasteiger charge is -2.11. The van der Waals surface area contributed by atoms with E-state index in [1.165, 1.54) is 23.9 Å². The number of amides is 1. The number of nitrogens with one attached hydrogen (secondary N) is 1. The number of nitrogens with zero attached hydrogens (tertiary/aromatic N) is 4. The van der Waals surface area contributed by atoms with Crippen molar-refractivity contribution in [1.82, 2.24) is 25.1 Å². The van der Waals surface area contributed by atoms with Gasteiger partial charge in [-0.15, -0.1) is 10.2 Å². The molecule has 36 heavy (non-hydrogen) atoms. The Balaban J connectivity index is 1.41. The first-order valence-corrected chi connectivity index (χ1v) is 13.4. The van der Waals surface area contributed by atoms with Crippen LogP contribution in [0.3, 0.4) is 0 Å². The molecular formula is C24H24N6O4S2. The van der Waals surface area contributed by atoms with Gasteiger partial charge in [0.15, 0.2) is 11.0 Å². The van der Waals surface area contributed by atoms with Gasteiger partial charge in [-0.25, -0.2) is 13.6 Å². The first-order chi connectivity index (χ1) is 17.3. The molecule has 1 amide bonds. The summed E-state index contributed by atoms with van der Waals surface area (Å²) in [7, 11) is -2.12. The van der Waals surface area contributed by atoms with Crippen LogP contribution in [0.4, 0.5) is 0 Å². The van der Waals surface area contributed by atoms with Crippen LogP contribution in [0.5, 0.6) is 5.75 Å². The van der Waals surface area contributed by atoms with Gasteiger partial charge in [-0.2, -0.15) is 0 Å². The summed E-state index contributed by atoms with van der Waals surface area (Å²) in [4.78, 5) is 16.7. The maximum Gasteiger partial charge on any atom is 0.238 e. The molecule has 0 bridgehead atoms. The van der Waals surface area contributed by atoms with Crippen LogP contribution in [-0.4, -0.2) is 53.5 Å². The van der Waals surface area contributed by atoms with Crippen LogP contribution in [0.15, 0.2) is 83.1 Å². The van der Waals surface area contributed by atoms with Crippen LogP contribution >= 0.6 is 11.8 Å². The number of nitrogens with two attached hydrogens (primary N) is 1. The lowest BCUT2D eigenvalue weighted by molar-refractivity contribution is -0.118. The lowest BCUT2D eigenvalue weighted by atomic mass is 10.1. The van der Waals surface area contributed by atoms with Gasteiger partial charge in [0.1, 0.15) is 5.75 Å². The van der Waals surface area contributed by atoms with E-state index < -0.39 is 10.0 Å². The molecule has 0 fully saturated rings. The van der Waals surface area contributed by atoms with E-state index in [1.807, 2.05) is 41.0 Å². The Labute approximate surface area is 213 Å². The van der Waals surface area contributed by atoms with Crippen molar-refractivity contribution in [3.63, 3.8) is 0 Å². The second-order valence-corrected chi connectivity index (χ2v) is 10.2. The molecule has 2 heterocycles. The van der Waals surface area contributed by atoms with Gasteiger partial charge in [-0.3, -0.25) is 14.3 Å². The van der Waals surface area contributed by atoms with E-state index >= 15 is 0 Å². The first-order valence-electron chi connectivity index (χ1n) is 10.9. The number of carbonyl (C=O) groups excluding carboxylic acids is 1. The van der Waals surface area contributed by atoms with Crippen molar-refractivity contribution in [3.05, 3.63) is 78.6 Å². The molecule has 0 aliphatic rings. The van der Waals surface area contributed by atoms with E-state index in [0.717, 1.165) is 22.6 Å². The average molecular weight is 525 g/mol. The summed E-state index contributed by atoms with van der Waals surface area (Å²) < 4.78 is 29.9. The molecule has 12 heteroatoms. The molecule has 10 nitrogen and oxygen atoms in total. The normalized spacial score (nSPS) is 11.3. The van der Waals surface area contributed by atoms with Crippen molar-refractivity contribution in [2.75, 3.05) is 19.4 Å². The van der Waals surface area contributed by atoms with E-state index in [0.29, 0.717) is 23.9 Å². The topological polar surface area (TPSA) is 142 Å². The van der Waals surface area contributed by atoms with E-state index in [9.17, 15) is 13.2 Å². The van der Waals surface area contributed by atoms with Gasteiger partial charge in [0.2, 0.25) is 15.9 Å². The zero-order chi connectivity index (χ0) is 25.5.